The monoisotopic (exact) mass is 489 g/mol. The number of ketones is 1. The van der Waals surface area contributed by atoms with Gasteiger partial charge >= 0.3 is 0 Å². The summed E-state index contributed by atoms with van der Waals surface area (Å²) >= 11 is 2.24. The fourth-order valence-electron chi connectivity index (χ4n) is 6.75. The van der Waals surface area contributed by atoms with Crippen LogP contribution in [0.2, 0.25) is 0 Å². The van der Waals surface area contributed by atoms with E-state index in [1.54, 1.807) is 0 Å². The first-order chi connectivity index (χ1) is 13.0. The molecule has 0 aromatic carbocycles. The quantitative estimate of drug-likeness (QED) is 0.360. The molecular weight excluding hydrogens is 455 g/mol. The molecule has 6 heteroatoms. The molecule has 1 saturated heterocycles. The van der Waals surface area contributed by atoms with E-state index in [0.717, 1.165) is 37.1 Å². The van der Waals surface area contributed by atoms with Gasteiger partial charge in [0.25, 0.3) is 0 Å². The van der Waals surface area contributed by atoms with Crippen LogP contribution in [0.25, 0.3) is 0 Å². The molecule has 5 nitrogen and oxygen atoms in total. The van der Waals surface area contributed by atoms with Crippen molar-refractivity contribution in [2.24, 2.45) is 23.7 Å². The van der Waals surface area contributed by atoms with Crippen molar-refractivity contribution < 1.29 is 10.0 Å². The Bertz CT molecular complexity index is 532. The number of carbonyl (C=O) groups excluding carboxylic acids is 1. The standard InChI is InChI=1S/C21H34IN2O3/c22-18-9-7-15(12-20(18)24(26)27)21(25)13-23-11-3-6-17-16-5-2-1-4-14(16)8-10-19(17)23/h14-20,26H,1-13H2/q-1. The van der Waals surface area contributed by atoms with E-state index in [1.807, 2.05) is 0 Å². The van der Waals surface area contributed by atoms with Crippen molar-refractivity contribution in [1.82, 2.24) is 10.1 Å². The van der Waals surface area contributed by atoms with Gasteiger partial charge in [-0.25, -0.2) is 0 Å². The third kappa shape index (κ3) is 4.39. The summed E-state index contributed by atoms with van der Waals surface area (Å²) in [6.45, 7) is 1.62. The number of piperidine rings is 1. The third-order valence-corrected chi connectivity index (χ3v) is 9.58. The molecule has 154 valence electrons. The normalized spacial score (nSPS) is 43.2. The van der Waals surface area contributed by atoms with Crippen LogP contribution < -0.4 is 0 Å². The highest BCUT2D eigenvalue weighted by Gasteiger charge is 2.44. The second-order valence-electron chi connectivity index (χ2n) is 9.49. The van der Waals surface area contributed by atoms with Crippen LogP contribution in [-0.4, -0.2) is 50.2 Å². The number of likely N-dealkylation sites (tertiary alicyclic amines) is 1. The average Bonchev–Trinajstić information content (AvgIpc) is 2.68. The second-order valence-corrected chi connectivity index (χ2v) is 11.1. The van der Waals surface area contributed by atoms with Crippen LogP contribution >= 0.6 is 22.6 Å². The van der Waals surface area contributed by atoms with Gasteiger partial charge in [-0.2, -0.15) is 0 Å². The molecule has 3 saturated carbocycles. The highest BCUT2D eigenvalue weighted by Crippen LogP contribution is 2.48. The fraction of sp³-hybridized carbons (Fsp3) is 0.952. The minimum absolute atomic E-state index is 0.0592. The van der Waals surface area contributed by atoms with E-state index in [1.165, 1.54) is 51.4 Å². The van der Waals surface area contributed by atoms with Gasteiger partial charge in [0, 0.05) is 21.9 Å². The van der Waals surface area contributed by atoms with Gasteiger partial charge in [-0.15, -0.1) is 0 Å². The zero-order valence-corrected chi connectivity index (χ0v) is 18.4. The first-order valence-corrected chi connectivity index (χ1v) is 12.3. The molecule has 4 aliphatic rings. The van der Waals surface area contributed by atoms with Crippen LogP contribution in [0, 0.1) is 28.9 Å². The van der Waals surface area contributed by atoms with Gasteiger partial charge in [0.15, 0.2) is 0 Å². The van der Waals surface area contributed by atoms with Crippen molar-refractivity contribution >= 4 is 28.4 Å². The number of alkyl halides is 1. The van der Waals surface area contributed by atoms with E-state index in [2.05, 4.69) is 27.5 Å². The number of hydrogen-bond acceptors (Lipinski definition) is 5. The lowest BCUT2D eigenvalue weighted by Gasteiger charge is -2.52. The number of nitrogens with zero attached hydrogens (tertiary/aromatic N) is 2. The lowest BCUT2D eigenvalue weighted by atomic mass is 9.61. The number of hydroxylamine groups is 2. The molecule has 1 N–H and O–H groups in total. The summed E-state index contributed by atoms with van der Waals surface area (Å²) in [7, 11) is 0. The van der Waals surface area contributed by atoms with Crippen molar-refractivity contribution in [1.29, 1.82) is 0 Å². The van der Waals surface area contributed by atoms with E-state index in [-0.39, 0.29) is 15.1 Å². The van der Waals surface area contributed by atoms with Crippen molar-refractivity contribution in [3.63, 3.8) is 0 Å². The molecule has 0 radical (unpaired) electrons. The molecule has 0 aromatic rings. The van der Waals surface area contributed by atoms with Crippen molar-refractivity contribution in [2.75, 3.05) is 13.1 Å². The lowest BCUT2D eigenvalue weighted by molar-refractivity contribution is -0.131. The van der Waals surface area contributed by atoms with E-state index in [0.29, 0.717) is 24.8 Å². The van der Waals surface area contributed by atoms with Crippen molar-refractivity contribution in [2.45, 2.75) is 86.6 Å². The molecule has 0 aromatic heterocycles. The number of halogens is 1. The summed E-state index contributed by atoms with van der Waals surface area (Å²) in [4.78, 5) is 15.6. The summed E-state index contributed by atoms with van der Waals surface area (Å²) in [5, 5.41) is 20.9. The average molecular weight is 489 g/mol. The summed E-state index contributed by atoms with van der Waals surface area (Å²) in [6.07, 6.45) is 13.1. The Labute approximate surface area is 176 Å². The van der Waals surface area contributed by atoms with Crippen LogP contribution in [0.4, 0.5) is 0 Å². The maximum absolute atomic E-state index is 13.1. The molecule has 1 aliphatic heterocycles. The van der Waals surface area contributed by atoms with E-state index in [4.69, 9.17) is 0 Å². The maximum Gasteiger partial charge on any atom is 0.149 e. The highest BCUT2D eigenvalue weighted by molar-refractivity contribution is 14.1. The summed E-state index contributed by atoms with van der Waals surface area (Å²) in [5.74, 6) is 2.89. The summed E-state index contributed by atoms with van der Waals surface area (Å²) in [5.41, 5.74) is 0. The lowest BCUT2D eigenvalue weighted by Crippen LogP contribution is -2.54. The minimum atomic E-state index is -0.430. The van der Waals surface area contributed by atoms with Crippen LogP contribution in [0.15, 0.2) is 0 Å². The molecule has 4 rings (SSSR count). The van der Waals surface area contributed by atoms with Gasteiger partial charge < -0.3 is 10.4 Å². The molecular formula is C21H34IN2O3-. The first kappa shape index (κ1) is 20.5. The summed E-state index contributed by atoms with van der Waals surface area (Å²) in [6, 6.07) is 0.174. The SMILES string of the molecule is O=C(CN1CCCC2C3CCCCC3CCC21)C1CCC(I)C(N([O-])O)C1. The van der Waals surface area contributed by atoms with Crippen LogP contribution in [0.5, 0.6) is 0 Å². The van der Waals surface area contributed by atoms with E-state index < -0.39 is 6.04 Å². The maximum atomic E-state index is 13.1. The Hall–Kier alpha value is 0.240. The van der Waals surface area contributed by atoms with Gasteiger partial charge in [0.2, 0.25) is 0 Å². The van der Waals surface area contributed by atoms with Crippen molar-refractivity contribution in [3.8, 4) is 0 Å². The van der Waals surface area contributed by atoms with Gasteiger partial charge in [-0.3, -0.25) is 14.9 Å². The molecule has 0 bridgehead atoms. The zero-order valence-electron chi connectivity index (χ0n) is 16.3. The number of carbonyl (C=O) groups is 1. The van der Waals surface area contributed by atoms with Crippen LogP contribution in [0.1, 0.15) is 70.6 Å². The molecule has 1 heterocycles. The molecule has 0 spiro atoms. The Balaban J connectivity index is 1.38. The molecule has 27 heavy (non-hydrogen) atoms. The molecule has 4 fully saturated rings. The predicted molar refractivity (Wildman–Crippen MR) is 114 cm³/mol. The molecule has 3 aliphatic carbocycles. The highest BCUT2D eigenvalue weighted by atomic mass is 127. The Morgan fingerprint density at radius 1 is 1.04 bits per heavy atom. The fourth-order valence-corrected chi connectivity index (χ4v) is 7.68. The van der Waals surface area contributed by atoms with Gasteiger partial charge in [0.05, 0.1) is 6.54 Å². The minimum Gasteiger partial charge on any atom is -0.762 e. The van der Waals surface area contributed by atoms with Gasteiger partial charge in [0.1, 0.15) is 5.78 Å². The number of fused-ring (bicyclic) bond motifs is 3. The van der Waals surface area contributed by atoms with Crippen LogP contribution in [0.3, 0.4) is 0 Å². The third-order valence-electron chi connectivity index (χ3n) is 8.13. The zero-order chi connectivity index (χ0) is 19.0. The van der Waals surface area contributed by atoms with E-state index >= 15 is 0 Å². The largest absolute Gasteiger partial charge is 0.762 e. The van der Waals surface area contributed by atoms with E-state index in [9.17, 15) is 15.2 Å². The number of rotatable bonds is 4. The number of hydrogen-bond donors (Lipinski definition) is 1. The Kier molecular flexibility index (Phi) is 6.79. The van der Waals surface area contributed by atoms with Crippen molar-refractivity contribution in [3.05, 3.63) is 5.21 Å². The number of Topliss-reactive ketones (excluding diaryl/α,β-unsaturated/α-hetero) is 1. The molecule has 7 unspecified atom stereocenters. The summed E-state index contributed by atoms with van der Waals surface area (Å²) < 4.78 is 0.134. The molecule has 0 amide bonds. The topological polar surface area (TPSA) is 66.8 Å². The van der Waals surface area contributed by atoms with Gasteiger partial charge in [-0.05, 0) is 75.7 Å². The Morgan fingerprint density at radius 3 is 2.63 bits per heavy atom. The Morgan fingerprint density at radius 2 is 1.81 bits per heavy atom. The predicted octanol–water partition coefficient (Wildman–Crippen LogP) is 4.40. The second kappa shape index (κ2) is 8.94. The first-order valence-electron chi connectivity index (χ1n) is 11.1. The van der Waals surface area contributed by atoms with Crippen LogP contribution in [-0.2, 0) is 4.79 Å². The van der Waals surface area contributed by atoms with Gasteiger partial charge in [-0.1, -0.05) is 41.9 Å². The molecule has 7 atom stereocenters. The smallest absolute Gasteiger partial charge is 0.149 e.